The Morgan fingerprint density at radius 3 is 2.62 bits per heavy atom. The Bertz CT molecular complexity index is 505. The lowest BCUT2D eigenvalue weighted by Crippen LogP contribution is -1.97. The molecule has 0 radical (unpaired) electrons. The molecule has 4 nitrogen and oxygen atoms in total. The van der Waals surface area contributed by atoms with Crippen LogP contribution in [-0.4, -0.2) is 21.0 Å². The van der Waals surface area contributed by atoms with Crippen LogP contribution in [0.5, 0.6) is 0 Å². The van der Waals surface area contributed by atoms with Crippen molar-refractivity contribution < 1.29 is 9.90 Å². The molecule has 2 rings (SSSR count). The number of nitrogens with zero attached hydrogens (tertiary/aromatic N) is 1. The van der Waals surface area contributed by atoms with Crippen LogP contribution in [0.2, 0.25) is 5.02 Å². The van der Waals surface area contributed by atoms with Crippen LogP contribution in [0, 0.1) is 0 Å². The Morgan fingerprint density at radius 1 is 1.38 bits per heavy atom. The van der Waals surface area contributed by atoms with Gasteiger partial charge in [-0.05, 0) is 17.7 Å². The fourth-order valence-corrected chi connectivity index (χ4v) is 1.48. The first-order valence-corrected chi connectivity index (χ1v) is 5.04. The van der Waals surface area contributed by atoms with Crippen molar-refractivity contribution in [1.82, 2.24) is 9.97 Å². The summed E-state index contributed by atoms with van der Waals surface area (Å²) in [6.07, 6.45) is 1.87. The second-order valence-corrected chi connectivity index (χ2v) is 3.79. The van der Waals surface area contributed by atoms with Gasteiger partial charge in [0.05, 0.1) is 6.20 Å². The van der Waals surface area contributed by atoms with Crippen molar-refractivity contribution in [2.24, 2.45) is 0 Å². The number of carboxylic acid groups (broad SMARTS) is 1. The van der Waals surface area contributed by atoms with Gasteiger partial charge in [-0.2, -0.15) is 0 Å². The molecule has 0 fully saturated rings. The maximum absolute atomic E-state index is 10.6. The Labute approximate surface area is 96.9 Å². The van der Waals surface area contributed by atoms with E-state index >= 15 is 0 Å². The van der Waals surface area contributed by atoms with Gasteiger partial charge < -0.3 is 10.1 Å². The van der Waals surface area contributed by atoms with Crippen molar-refractivity contribution in [1.29, 1.82) is 0 Å². The Balaban J connectivity index is 2.14. The summed E-state index contributed by atoms with van der Waals surface area (Å²) in [7, 11) is 0. The highest BCUT2D eigenvalue weighted by atomic mass is 35.5. The predicted octanol–water partition coefficient (Wildman–Crippen LogP) is 2.35. The molecular weight excluding hydrogens is 228 g/mol. The largest absolute Gasteiger partial charge is 0.477 e. The summed E-state index contributed by atoms with van der Waals surface area (Å²) < 4.78 is 0. The number of aromatic amines is 1. The highest BCUT2D eigenvalue weighted by Crippen LogP contribution is 2.12. The molecule has 0 bridgehead atoms. The Morgan fingerprint density at radius 2 is 2.06 bits per heavy atom. The molecule has 0 unspecified atom stereocenters. The lowest BCUT2D eigenvalue weighted by Gasteiger charge is -1.98. The molecule has 16 heavy (non-hydrogen) atoms. The monoisotopic (exact) mass is 236 g/mol. The fourth-order valence-electron chi connectivity index (χ4n) is 1.36. The topological polar surface area (TPSA) is 66.0 Å². The van der Waals surface area contributed by atoms with Crippen LogP contribution in [0.15, 0.2) is 30.5 Å². The average molecular weight is 237 g/mol. The predicted molar refractivity (Wildman–Crippen MR) is 59.8 cm³/mol. The molecule has 0 amide bonds. The highest BCUT2D eigenvalue weighted by Gasteiger charge is 2.07. The van der Waals surface area contributed by atoms with Crippen LogP contribution in [0.4, 0.5) is 0 Å². The molecule has 0 saturated heterocycles. The summed E-state index contributed by atoms with van der Waals surface area (Å²) in [6.45, 7) is 0. The first kappa shape index (κ1) is 10.7. The SMILES string of the molecule is O=C(O)c1cnc(Cc2ccc(Cl)cc2)[nH]1. The third-order valence-electron chi connectivity index (χ3n) is 2.14. The molecule has 2 N–H and O–H groups in total. The number of carboxylic acids is 1. The number of nitrogens with one attached hydrogen (secondary N) is 1. The minimum Gasteiger partial charge on any atom is -0.477 e. The van der Waals surface area contributed by atoms with E-state index in [2.05, 4.69) is 9.97 Å². The summed E-state index contributed by atoms with van der Waals surface area (Å²) in [5, 5.41) is 9.39. The average Bonchev–Trinajstić information content (AvgIpc) is 2.70. The number of halogens is 1. The maximum Gasteiger partial charge on any atom is 0.353 e. The van der Waals surface area contributed by atoms with Gasteiger partial charge in [0.2, 0.25) is 0 Å². The van der Waals surface area contributed by atoms with Crippen molar-refractivity contribution in [2.45, 2.75) is 6.42 Å². The normalized spacial score (nSPS) is 10.3. The van der Waals surface area contributed by atoms with Crippen LogP contribution in [0.1, 0.15) is 21.9 Å². The molecular formula is C11H9ClN2O2. The zero-order chi connectivity index (χ0) is 11.5. The lowest BCUT2D eigenvalue weighted by molar-refractivity contribution is 0.0691. The quantitative estimate of drug-likeness (QED) is 0.860. The number of aromatic carboxylic acids is 1. The molecule has 0 saturated carbocycles. The van der Waals surface area contributed by atoms with Gasteiger partial charge in [-0.25, -0.2) is 9.78 Å². The molecule has 0 spiro atoms. The summed E-state index contributed by atoms with van der Waals surface area (Å²) in [5.41, 5.74) is 1.12. The zero-order valence-corrected chi connectivity index (χ0v) is 9.03. The number of hydrogen-bond acceptors (Lipinski definition) is 2. The van der Waals surface area contributed by atoms with E-state index in [4.69, 9.17) is 16.7 Å². The molecule has 1 heterocycles. The van der Waals surface area contributed by atoms with E-state index in [0.29, 0.717) is 17.3 Å². The number of aromatic nitrogens is 2. The Kier molecular flexibility index (Phi) is 2.92. The van der Waals surface area contributed by atoms with Gasteiger partial charge >= 0.3 is 5.97 Å². The van der Waals surface area contributed by atoms with Crippen molar-refractivity contribution >= 4 is 17.6 Å². The molecule has 2 aromatic rings. The van der Waals surface area contributed by atoms with Crippen LogP contribution < -0.4 is 0 Å². The van der Waals surface area contributed by atoms with Crippen LogP contribution in [-0.2, 0) is 6.42 Å². The molecule has 5 heteroatoms. The second kappa shape index (κ2) is 4.37. The number of rotatable bonds is 3. The maximum atomic E-state index is 10.6. The number of hydrogen-bond donors (Lipinski definition) is 2. The van der Waals surface area contributed by atoms with E-state index in [-0.39, 0.29) is 5.69 Å². The molecule has 0 aliphatic carbocycles. The minimum absolute atomic E-state index is 0.101. The molecule has 0 atom stereocenters. The van der Waals surface area contributed by atoms with Crippen molar-refractivity contribution in [3.63, 3.8) is 0 Å². The summed E-state index contributed by atoms with van der Waals surface area (Å²) in [6, 6.07) is 7.34. The molecule has 1 aromatic heterocycles. The standard InChI is InChI=1S/C11H9ClN2O2/c12-8-3-1-7(2-4-8)5-10-13-6-9(14-10)11(15)16/h1-4,6H,5H2,(H,13,14)(H,15,16). The van der Waals surface area contributed by atoms with E-state index in [1.165, 1.54) is 6.20 Å². The van der Waals surface area contributed by atoms with Gasteiger partial charge in [0.25, 0.3) is 0 Å². The number of carbonyl (C=O) groups is 1. The summed E-state index contributed by atoms with van der Waals surface area (Å²) in [5.74, 6) is -0.380. The van der Waals surface area contributed by atoms with E-state index in [1.807, 2.05) is 12.1 Å². The number of benzene rings is 1. The molecule has 0 aliphatic rings. The van der Waals surface area contributed by atoms with E-state index in [0.717, 1.165) is 5.56 Å². The summed E-state index contributed by atoms with van der Waals surface area (Å²) in [4.78, 5) is 17.3. The van der Waals surface area contributed by atoms with E-state index in [9.17, 15) is 4.79 Å². The van der Waals surface area contributed by atoms with Gasteiger partial charge in [0.15, 0.2) is 0 Å². The van der Waals surface area contributed by atoms with Gasteiger partial charge in [0, 0.05) is 11.4 Å². The molecule has 1 aromatic carbocycles. The van der Waals surface area contributed by atoms with Crippen molar-refractivity contribution in [2.75, 3.05) is 0 Å². The van der Waals surface area contributed by atoms with Crippen LogP contribution in [0.25, 0.3) is 0 Å². The van der Waals surface area contributed by atoms with E-state index < -0.39 is 5.97 Å². The van der Waals surface area contributed by atoms with Gasteiger partial charge in [0.1, 0.15) is 11.5 Å². The molecule has 82 valence electrons. The first-order valence-electron chi connectivity index (χ1n) is 4.67. The van der Waals surface area contributed by atoms with Gasteiger partial charge in [-0.15, -0.1) is 0 Å². The van der Waals surface area contributed by atoms with Gasteiger partial charge in [-0.1, -0.05) is 23.7 Å². The van der Waals surface area contributed by atoms with Crippen LogP contribution in [0.3, 0.4) is 0 Å². The van der Waals surface area contributed by atoms with Crippen molar-refractivity contribution in [3.8, 4) is 0 Å². The fraction of sp³-hybridized carbons (Fsp3) is 0.0909. The highest BCUT2D eigenvalue weighted by molar-refractivity contribution is 6.30. The minimum atomic E-state index is -1.00. The molecule has 0 aliphatic heterocycles. The van der Waals surface area contributed by atoms with Crippen molar-refractivity contribution in [3.05, 3.63) is 52.6 Å². The van der Waals surface area contributed by atoms with Crippen LogP contribution >= 0.6 is 11.6 Å². The summed E-state index contributed by atoms with van der Waals surface area (Å²) >= 11 is 5.76. The Hall–Kier alpha value is -1.81. The van der Waals surface area contributed by atoms with E-state index in [1.54, 1.807) is 12.1 Å². The van der Waals surface area contributed by atoms with Gasteiger partial charge in [-0.3, -0.25) is 0 Å². The first-order chi connectivity index (χ1) is 7.65. The third-order valence-corrected chi connectivity index (χ3v) is 2.40. The zero-order valence-electron chi connectivity index (χ0n) is 8.27. The number of H-pyrrole nitrogens is 1. The number of imidazole rings is 1. The third kappa shape index (κ3) is 2.41. The lowest BCUT2D eigenvalue weighted by atomic mass is 10.1. The second-order valence-electron chi connectivity index (χ2n) is 3.35. The smallest absolute Gasteiger partial charge is 0.353 e.